The second kappa shape index (κ2) is 9.06. The molecule has 0 unspecified atom stereocenters. The van der Waals surface area contributed by atoms with Gasteiger partial charge in [-0.2, -0.15) is 4.98 Å². The molecule has 0 atom stereocenters. The van der Waals surface area contributed by atoms with Gasteiger partial charge in [-0.3, -0.25) is 4.79 Å². The Morgan fingerprint density at radius 1 is 1.22 bits per heavy atom. The van der Waals surface area contributed by atoms with Crippen molar-refractivity contribution in [2.24, 2.45) is 0 Å². The molecule has 0 saturated carbocycles. The first-order valence-corrected chi connectivity index (χ1v) is 10.1. The maximum atomic E-state index is 12.6. The number of aromatic nitrogens is 2. The number of hydrogen-bond donors (Lipinski definition) is 0. The third-order valence-corrected chi connectivity index (χ3v) is 5.11. The number of thioether (sulfide) groups is 1. The van der Waals surface area contributed by atoms with Crippen LogP contribution in [0.5, 0.6) is 0 Å². The number of anilines is 1. The average molecular weight is 402 g/mol. The highest BCUT2D eigenvalue weighted by atomic mass is 35.5. The van der Waals surface area contributed by atoms with E-state index in [9.17, 15) is 4.79 Å². The molecule has 2 aromatic carbocycles. The van der Waals surface area contributed by atoms with E-state index in [2.05, 4.69) is 10.1 Å². The second-order valence-corrected chi connectivity index (χ2v) is 7.41. The lowest BCUT2D eigenvalue weighted by atomic mass is 10.2. The molecule has 0 fully saturated rings. The van der Waals surface area contributed by atoms with Crippen molar-refractivity contribution in [3.8, 4) is 11.4 Å². The molecule has 0 N–H and O–H groups in total. The van der Waals surface area contributed by atoms with Crippen LogP contribution in [0.2, 0.25) is 5.02 Å². The molecule has 0 bridgehead atoms. The Kier molecular flexibility index (Phi) is 6.53. The number of rotatable bonds is 7. The van der Waals surface area contributed by atoms with Gasteiger partial charge in [-0.05, 0) is 55.8 Å². The van der Waals surface area contributed by atoms with Crippen molar-refractivity contribution in [2.45, 2.75) is 19.6 Å². The molecule has 0 aliphatic heterocycles. The van der Waals surface area contributed by atoms with Crippen LogP contribution >= 0.6 is 23.4 Å². The molecule has 0 aliphatic rings. The quantitative estimate of drug-likeness (QED) is 0.558. The topological polar surface area (TPSA) is 59.2 Å². The van der Waals surface area contributed by atoms with E-state index in [0.717, 1.165) is 16.8 Å². The van der Waals surface area contributed by atoms with E-state index in [1.807, 2.05) is 50.2 Å². The van der Waals surface area contributed by atoms with E-state index in [1.54, 1.807) is 17.0 Å². The van der Waals surface area contributed by atoms with E-state index >= 15 is 0 Å². The Balaban J connectivity index is 1.56. The number of carbonyl (C=O) groups excluding carboxylic acids is 1. The summed E-state index contributed by atoms with van der Waals surface area (Å²) >= 11 is 7.35. The lowest BCUT2D eigenvalue weighted by Gasteiger charge is -2.21. The average Bonchev–Trinajstić information content (AvgIpc) is 3.12. The standard InChI is InChI=1S/C20H20ClN3O2S/c1-3-24(17-6-4-5-14(2)11-17)19(25)13-27-12-18-22-20(23-26-18)15-7-9-16(21)10-8-15/h4-11H,3,12-13H2,1-2H3. The van der Waals surface area contributed by atoms with Crippen molar-refractivity contribution in [1.82, 2.24) is 10.1 Å². The molecule has 1 heterocycles. The lowest BCUT2D eigenvalue weighted by Crippen LogP contribution is -2.32. The van der Waals surface area contributed by atoms with Gasteiger partial charge in [0.1, 0.15) is 0 Å². The van der Waals surface area contributed by atoms with Gasteiger partial charge in [-0.1, -0.05) is 28.9 Å². The summed E-state index contributed by atoms with van der Waals surface area (Å²) in [4.78, 5) is 18.7. The number of nitrogens with zero attached hydrogens (tertiary/aromatic N) is 3. The van der Waals surface area contributed by atoms with Crippen LogP contribution in [0.4, 0.5) is 5.69 Å². The summed E-state index contributed by atoms with van der Waals surface area (Å²) in [5, 5.41) is 4.64. The summed E-state index contributed by atoms with van der Waals surface area (Å²) in [6.07, 6.45) is 0. The zero-order valence-corrected chi connectivity index (χ0v) is 16.8. The Morgan fingerprint density at radius 2 is 2.00 bits per heavy atom. The van der Waals surface area contributed by atoms with Crippen LogP contribution in [-0.2, 0) is 10.5 Å². The predicted octanol–water partition coefficient (Wildman–Crippen LogP) is 4.98. The maximum Gasteiger partial charge on any atom is 0.236 e. The Morgan fingerprint density at radius 3 is 2.70 bits per heavy atom. The summed E-state index contributed by atoms with van der Waals surface area (Å²) < 4.78 is 5.28. The molecule has 0 saturated heterocycles. The molecule has 3 aromatic rings. The zero-order chi connectivity index (χ0) is 19.2. The van der Waals surface area contributed by atoms with Gasteiger partial charge in [-0.15, -0.1) is 11.8 Å². The molecular weight excluding hydrogens is 382 g/mol. The first-order valence-electron chi connectivity index (χ1n) is 8.60. The molecular formula is C20H20ClN3O2S. The van der Waals surface area contributed by atoms with E-state index in [-0.39, 0.29) is 5.91 Å². The lowest BCUT2D eigenvalue weighted by molar-refractivity contribution is -0.116. The fourth-order valence-corrected chi connectivity index (χ4v) is 3.48. The van der Waals surface area contributed by atoms with Crippen LogP contribution in [-0.4, -0.2) is 28.3 Å². The molecule has 3 rings (SSSR count). The summed E-state index contributed by atoms with van der Waals surface area (Å²) in [6, 6.07) is 15.2. The summed E-state index contributed by atoms with van der Waals surface area (Å²) in [5.41, 5.74) is 2.89. The number of hydrogen-bond acceptors (Lipinski definition) is 5. The zero-order valence-electron chi connectivity index (χ0n) is 15.2. The minimum Gasteiger partial charge on any atom is -0.338 e. The molecule has 1 amide bonds. The fourth-order valence-electron chi connectivity index (χ4n) is 2.63. The van der Waals surface area contributed by atoms with Crippen LogP contribution in [0, 0.1) is 6.92 Å². The second-order valence-electron chi connectivity index (χ2n) is 5.99. The van der Waals surface area contributed by atoms with Gasteiger partial charge >= 0.3 is 0 Å². The van der Waals surface area contributed by atoms with Crippen molar-refractivity contribution in [2.75, 3.05) is 17.2 Å². The van der Waals surface area contributed by atoms with Crippen LogP contribution < -0.4 is 4.90 Å². The molecule has 0 spiro atoms. The number of halogens is 1. The maximum absolute atomic E-state index is 12.6. The van der Waals surface area contributed by atoms with Crippen molar-refractivity contribution in [3.63, 3.8) is 0 Å². The van der Waals surface area contributed by atoms with Gasteiger partial charge < -0.3 is 9.42 Å². The summed E-state index contributed by atoms with van der Waals surface area (Å²) in [6.45, 7) is 4.62. The van der Waals surface area contributed by atoms with Crippen LogP contribution in [0.1, 0.15) is 18.4 Å². The summed E-state index contributed by atoms with van der Waals surface area (Å²) in [5.74, 6) is 1.91. The van der Waals surface area contributed by atoms with Gasteiger partial charge in [0, 0.05) is 22.8 Å². The minimum absolute atomic E-state index is 0.0607. The molecule has 27 heavy (non-hydrogen) atoms. The van der Waals surface area contributed by atoms with Crippen LogP contribution in [0.3, 0.4) is 0 Å². The first-order chi connectivity index (χ1) is 13.1. The highest BCUT2D eigenvalue weighted by Crippen LogP contribution is 2.21. The van der Waals surface area contributed by atoms with Gasteiger partial charge in [-0.25, -0.2) is 0 Å². The van der Waals surface area contributed by atoms with E-state index in [1.165, 1.54) is 11.8 Å². The molecule has 0 radical (unpaired) electrons. The largest absolute Gasteiger partial charge is 0.338 e. The van der Waals surface area contributed by atoms with Gasteiger partial charge in [0.05, 0.1) is 11.5 Å². The van der Waals surface area contributed by atoms with E-state index in [0.29, 0.717) is 34.8 Å². The number of benzene rings is 2. The molecule has 0 aliphatic carbocycles. The SMILES string of the molecule is CCN(C(=O)CSCc1nc(-c2ccc(Cl)cc2)no1)c1cccc(C)c1. The minimum atomic E-state index is 0.0607. The monoisotopic (exact) mass is 401 g/mol. The normalized spacial score (nSPS) is 10.8. The number of aryl methyl sites for hydroxylation is 1. The van der Waals surface area contributed by atoms with Crippen LogP contribution in [0.15, 0.2) is 53.1 Å². The van der Waals surface area contributed by atoms with Crippen molar-refractivity contribution < 1.29 is 9.32 Å². The molecule has 1 aromatic heterocycles. The molecule has 140 valence electrons. The smallest absolute Gasteiger partial charge is 0.236 e. The van der Waals surface area contributed by atoms with Crippen molar-refractivity contribution in [3.05, 3.63) is 65.0 Å². The Hall–Kier alpha value is -2.31. The number of carbonyl (C=O) groups is 1. The van der Waals surface area contributed by atoms with Gasteiger partial charge in [0.15, 0.2) is 0 Å². The Bertz CT molecular complexity index is 912. The first kappa shape index (κ1) is 19.5. The van der Waals surface area contributed by atoms with E-state index in [4.69, 9.17) is 16.1 Å². The molecule has 7 heteroatoms. The fraction of sp³-hybridized carbons (Fsp3) is 0.250. The van der Waals surface area contributed by atoms with Crippen molar-refractivity contribution >= 4 is 35.0 Å². The Labute approximate surface area is 167 Å². The van der Waals surface area contributed by atoms with Crippen LogP contribution in [0.25, 0.3) is 11.4 Å². The number of amides is 1. The highest BCUT2D eigenvalue weighted by Gasteiger charge is 2.15. The third kappa shape index (κ3) is 5.11. The van der Waals surface area contributed by atoms with Crippen molar-refractivity contribution in [1.29, 1.82) is 0 Å². The van der Waals surface area contributed by atoms with E-state index < -0.39 is 0 Å². The predicted molar refractivity (Wildman–Crippen MR) is 110 cm³/mol. The summed E-state index contributed by atoms with van der Waals surface area (Å²) in [7, 11) is 0. The van der Waals surface area contributed by atoms with Gasteiger partial charge in [0.25, 0.3) is 0 Å². The highest BCUT2D eigenvalue weighted by molar-refractivity contribution is 7.99. The third-order valence-electron chi connectivity index (χ3n) is 3.95. The molecule has 5 nitrogen and oxygen atoms in total. The van der Waals surface area contributed by atoms with Gasteiger partial charge in [0.2, 0.25) is 17.6 Å².